The number of carbonyl (C=O) groups is 1. The highest BCUT2D eigenvalue weighted by molar-refractivity contribution is 5.98. The largest absolute Gasteiger partial charge is 0.317 e. The highest BCUT2D eigenvalue weighted by atomic mass is 16.1. The van der Waals surface area contributed by atoms with E-state index >= 15 is 0 Å². The van der Waals surface area contributed by atoms with Gasteiger partial charge in [-0.1, -0.05) is 0 Å². The standard InChI is InChI=1S/C16H14N2O/c1-11-9-14-15(3-2-4-16(14)19)18(11)13-7-5-12(10-17)6-8-13/h5-9H,2-4H2,1H3. The second-order valence-corrected chi connectivity index (χ2v) is 4.92. The summed E-state index contributed by atoms with van der Waals surface area (Å²) in [4.78, 5) is 11.9. The highest BCUT2D eigenvalue weighted by Crippen LogP contribution is 2.28. The van der Waals surface area contributed by atoms with Crippen LogP contribution in [0.3, 0.4) is 0 Å². The summed E-state index contributed by atoms with van der Waals surface area (Å²) >= 11 is 0. The predicted molar refractivity (Wildman–Crippen MR) is 72.5 cm³/mol. The van der Waals surface area contributed by atoms with Gasteiger partial charge in [-0.05, 0) is 50.1 Å². The van der Waals surface area contributed by atoms with Crippen molar-refractivity contribution in [2.45, 2.75) is 26.2 Å². The quantitative estimate of drug-likeness (QED) is 0.780. The van der Waals surface area contributed by atoms with Crippen LogP contribution in [0.2, 0.25) is 0 Å². The molecule has 19 heavy (non-hydrogen) atoms. The van der Waals surface area contributed by atoms with Gasteiger partial charge in [0.25, 0.3) is 0 Å². The van der Waals surface area contributed by atoms with Crippen LogP contribution < -0.4 is 0 Å². The molecule has 94 valence electrons. The lowest BCUT2D eigenvalue weighted by Crippen LogP contribution is -2.12. The molecule has 0 spiro atoms. The molecule has 3 nitrogen and oxygen atoms in total. The molecule has 1 aliphatic carbocycles. The summed E-state index contributed by atoms with van der Waals surface area (Å²) in [5, 5.41) is 8.84. The maximum Gasteiger partial charge on any atom is 0.164 e. The number of hydrogen-bond donors (Lipinski definition) is 0. The molecular weight excluding hydrogens is 236 g/mol. The third-order valence-corrected chi connectivity index (χ3v) is 3.66. The maximum absolute atomic E-state index is 11.9. The maximum atomic E-state index is 11.9. The summed E-state index contributed by atoms with van der Waals surface area (Å²) in [6.07, 6.45) is 2.52. The number of nitriles is 1. The first-order chi connectivity index (χ1) is 9.20. The molecular formula is C16H14N2O. The molecule has 0 saturated carbocycles. The number of nitrogens with zero attached hydrogens (tertiary/aromatic N) is 2. The molecule has 0 amide bonds. The zero-order valence-electron chi connectivity index (χ0n) is 10.8. The molecule has 3 rings (SSSR count). The molecule has 1 aromatic heterocycles. The van der Waals surface area contributed by atoms with Crippen molar-refractivity contribution < 1.29 is 4.79 Å². The van der Waals surface area contributed by atoms with Crippen LogP contribution in [0.1, 0.15) is 40.2 Å². The Kier molecular flexibility index (Phi) is 2.72. The Morgan fingerprint density at radius 2 is 1.95 bits per heavy atom. The number of ketones is 1. The number of carbonyl (C=O) groups excluding carboxylic acids is 1. The minimum Gasteiger partial charge on any atom is -0.317 e. The second kappa shape index (κ2) is 4.40. The third-order valence-electron chi connectivity index (χ3n) is 3.66. The van der Waals surface area contributed by atoms with Crippen LogP contribution in [-0.4, -0.2) is 10.4 Å². The van der Waals surface area contributed by atoms with Crippen LogP contribution in [0.4, 0.5) is 0 Å². The molecule has 0 saturated heterocycles. The first-order valence-corrected chi connectivity index (χ1v) is 6.45. The fraction of sp³-hybridized carbons (Fsp3) is 0.250. The van der Waals surface area contributed by atoms with Crippen molar-refractivity contribution in [3.8, 4) is 11.8 Å². The van der Waals surface area contributed by atoms with E-state index in [0.717, 1.165) is 35.5 Å². The lowest BCUT2D eigenvalue weighted by atomic mass is 9.96. The molecule has 0 radical (unpaired) electrons. The van der Waals surface area contributed by atoms with Crippen LogP contribution in [-0.2, 0) is 6.42 Å². The Morgan fingerprint density at radius 1 is 1.21 bits per heavy atom. The van der Waals surface area contributed by atoms with E-state index in [1.54, 1.807) is 0 Å². The van der Waals surface area contributed by atoms with Gasteiger partial charge < -0.3 is 4.57 Å². The van der Waals surface area contributed by atoms with Crippen LogP contribution in [0.25, 0.3) is 5.69 Å². The molecule has 0 N–H and O–H groups in total. The van der Waals surface area contributed by atoms with Crippen LogP contribution in [0.5, 0.6) is 0 Å². The normalized spacial score (nSPS) is 14.0. The van der Waals surface area contributed by atoms with Gasteiger partial charge in [-0.2, -0.15) is 5.26 Å². The van der Waals surface area contributed by atoms with Crippen molar-refractivity contribution in [3.05, 3.63) is 52.8 Å². The summed E-state index contributed by atoms with van der Waals surface area (Å²) in [5.74, 6) is 0.247. The number of benzene rings is 1. The van der Waals surface area contributed by atoms with Crippen molar-refractivity contribution in [2.24, 2.45) is 0 Å². The topological polar surface area (TPSA) is 45.8 Å². The fourth-order valence-electron chi connectivity index (χ4n) is 2.77. The van der Waals surface area contributed by atoms with E-state index < -0.39 is 0 Å². The number of rotatable bonds is 1. The highest BCUT2D eigenvalue weighted by Gasteiger charge is 2.23. The van der Waals surface area contributed by atoms with Gasteiger partial charge in [-0.3, -0.25) is 4.79 Å². The van der Waals surface area contributed by atoms with Gasteiger partial charge in [0.15, 0.2) is 5.78 Å². The summed E-state index contributed by atoms with van der Waals surface area (Å²) in [5.41, 5.74) is 4.72. The van der Waals surface area contributed by atoms with Gasteiger partial charge in [-0.25, -0.2) is 0 Å². The lowest BCUT2D eigenvalue weighted by Gasteiger charge is -2.16. The first-order valence-electron chi connectivity index (χ1n) is 6.45. The van der Waals surface area contributed by atoms with E-state index in [4.69, 9.17) is 5.26 Å². The predicted octanol–water partition coefficient (Wildman–Crippen LogP) is 3.18. The van der Waals surface area contributed by atoms with Crippen molar-refractivity contribution in [1.82, 2.24) is 4.57 Å². The Balaban J connectivity index is 2.14. The smallest absolute Gasteiger partial charge is 0.164 e. The molecule has 0 fully saturated rings. The van der Waals surface area contributed by atoms with E-state index in [-0.39, 0.29) is 5.78 Å². The second-order valence-electron chi connectivity index (χ2n) is 4.92. The third kappa shape index (κ3) is 1.86. The summed E-state index contributed by atoms with van der Waals surface area (Å²) in [6.45, 7) is 2.02. The zero-order chi connectivity index (χ0) is 13.4. The Bertz CT molecular complexity index is 687. The fourth-order valence-corrected chi connectivity index (χ4v) is 2.77. The Morgan fingerprint density at radius 3 is 2.63 bits per heavy atom. The van der Waals surface area contributed by atoms with E-state index in [9.17, 15) is 4.79 Å². The van der Waals surface area contributed by atoms with E-state index in [1.165, 1.54) is 0 Å². The minimum atomic E-state index is 0.247. The van der Waals surface area contributed by atoms with Gasteiger partial charge in [0.1, 0.15) is 0 Å². The molecule has 0 atom stereocenters. The van der Waals surface area contributed by atoms with E-state index in [0.29, 0.717) is 12.0 Å². The zero-order valence-corrected chi connectivity index (χ0v) is 10.8. The van der Waals surface area contributed by atoms with Gasteiger partial charge >= 0.3 is 0 Å². The molecule has 1 aliphatic rings. The molecule has 0 bridgehead atoms. The Hall–Kier alpha value is -2.34. The average Bonchev–Trinajstić information content (AvgIpc) is 2.77. The number of fused-ring (bicyclic) bond motifs is 1. The lowest BCUT2D eigenvalue weighted by molar-refractivity contribution is 0.0972. The first kappa shape index (κ1) is 11.7. The average molecular weight is 250 g/mol. The number of Topliss-reactive ketones (excluding diaryl/α,β-unsaturated/α-hetero) is 1. The van der Waals surface area contributed by atoms with Gasteiger partial charge in [0, 0.05) is 29.1 Å². The summed E-state index contributed by atoms with van der Waals surface area (Å²) in [7, 11) is 0. The molecule has 3 heteroatoms. The molecule has 1 heterocycles. The molecule has 0 aliphatic heterocycles. The number of aryl methyl sites for hydroxylation is 1. The van der Waals surface area contributed by atoms with Crippen LogP contribution in [0.15, 0.2) is 30.3 Å². The van der Waals surface area contributed by atoms with Crippen molar-refractivity contribution in [2.75, 3.05) is 0 Å². The monoisotopic (exact) mass is 250 g/mol. The Labute approximate surface area is 112 Å². The van der Waals surface area contributed by atoms with Gasteiger partial charge in [0.2, 0.25) is 0 Å². The number of aromatic nitrogens is 1. The van der Waals surface area contributed by atoms with E-state index in [1.807, 2.05) is 37.3 Å². The van der Waals surface area contributed by atoms with E-state index in [2.05, 4.69) is 10.6 Å². The van der Waals surface area contributed by atoms with Crippen molar-refractivity contribution in [1.29, 1.82) is 5.26 Å². The molecule has 2 aromatic rings. The minimum absolute atomic E-state index is 0.247. The molecule has 0 unspecified atom stereocenters. The SMILES string of the molecule is Cc1cc2c(n1-c1ccc(C#N)cc1)CCCC2=O. The summed E-state index contributed by atoms with van der Waals surface area (Å²) in [6, 6.07) is 11.6. The van der Waals surface area contributed by atoms with Gasteiger partial charge in [0.05, 0.1) is 11.6 Å². The number of hydrogen-bond acceptors (Lipinski definition) is 2. The van der Waals surface area contributed by atoms with Crippen molar-refractivity contribution in [3.63, 3.8) is 0 Å². The van der Waals surface area contributed by atoms with Crippen molar-refractivity contribution >= 4 is 5.78 Å². The van der Waals surface area contributed by atoms with Crippen LogP contribution >= 0.6 is 0 Å². The summed E-state index contributed by atoms with van der Waals surface area (Å²) < 4.78 is 2.13. The molecule has 1 aromatic carbocycles. The van der Waals surface area contributed by atoms with Gasteiger partial charge in [-0.15, -0.1) is 0 Å². The van der Waals surface area contributed by atoms with Crippen LogP contribution in [0, 0.1) is 18.3 Å².